The van der Waals surface area contributed by atoms with E-state index in [9.17, 15) is 24.2 Å². The number of unbranched alkanes of at least 4 members (excludes halogenated alkanes) is 22. The summed E-state index contributed by atoms with van der Waals surface area (Å²) in [5.74, 6) is -0.940. The van der Waals surface area contributed by atoms with Crippen molar-refractivity contribution in [3.63, 3.8) is 0 Å². The standard InChI is InChI=1S/C42H79O10P/c1-3-5-7-9-11-13-15-17-19-21-23-25-27-29-31-33-41(45)49-37-40(38-51-53(47,48)50-36-39(44)35-43)52-42(46)34-32-30-28-26-24-22-20-18-16-14-12-10-8-6-4-2/h17-20,39-40,43-44H,3-16,21-38H2,1-2H3,(H,47,48)/b19-17+,20-18+/t39-,40?/m0/s1. The molecular weight excluding hydrogens is 695 g/mol. The predicted octanol–water partition coefficient (Wildman–Crippen LogP) is 11.0. The molecule has 312 valence electrons. The number of carbonyl (C=O) groups is 2. The number of aliphatic hydroxyl groups is 2. The normalized spacial score (nSPS) is 14.1. The highest BCUT2D eigenvalue weighted by molar-refractivity contribution is 7.47. The fourth-order valence-electron chi connectivity index (χ4n) is 5.75. The van der Waals surface area contributed by atoms with Gasteiger partial charge < -0.3 is 24.6 Å². The van der Waals surface area contributed by atoms with Crippen molar-refractivity contribution in [2.45, 2.75) is 206 Å². The van der Waals surface area contributed by atoms with Gasteiger partial charge in [0.2, 0.25) is 0 Å². The van der Waals surface area contributed by atoms with Crippen LogP contribution in [0.5, 0.6) is 0 Å². The van der Waals surface area contributed by atoms with E-state index < -0.39 is 51.8 Å². The molecule has 10 nitrogen and oxygen atoms in total. The first-order chi connectivity index (χ1) is 25.7. The van der Waals surface area contributed by atoms with Gasteiger partial charge in [-0.1, -0.05) is 141 Å². The van der Waals surface area contributed by atoms with Gasteiger partial charge in [-0.25, -0.2) is 4.57 Å². The number of aliphatic hydroxyl groups excluding tert-OH is 2. The molecule has 0 fully saturated rings. The average Bonchev–Trinajstić information content (AvgIpc) is 3.14. The van der Waals surface area contributed by atoms with E-state index in [1.54, 1.807) is 0 Å². The molecule has 0 aliphatic rings. The van der Waals surface area contributed by atoms with Crippen molar-refractivity contribution >= 4 is 19.8 Å². The average molecular weight is 775 g/mol. The molecule has 0 rings (SSSR count). The summed E-state index contributed by atoms with van der Waals surface area (Å²) in [5, 5.41) is 18.3. The molecule has 3 atom stereocenters. The molecule has 0 aliphatic carbocycles. The molecular formula is C42H79O10P. The number of hydrogen-bond donors (Lipinski definition) is 3. The van der Waals surface area contributed by atoms with Crippen molar-refractivity contribution in [2.75, 3.05) is 26.4 Å². The number of esters is 2. The van der Waals surface area contributed by atoms with Gasteiger partial charge in [0.15, 0.2) is 6.10 Å². The molecule has 0 heterocycles. The molecule has 0 bridgehead atoms. The lowest BCUT2D eigenvalue weighted by atomic mass is 10.1. The molecule has 11 heteroatoms. The van der Waals surface area contributed by atoms with Gasteiger partial charge in [0.25, 0.3) is 0 Å². The molecule has 0 aromatic carbocycles. The summed E-state index contributed by atoms with van der Waals surface area (Å²) in [6, 6.07) is 0. The molecule has 0 saturated carbocycles. The summed E-state index contributed by atoms with van der Waals surface area (Å²) >= 11 is 0. The Morgan fingerprint density at radius 3 is 1.36 bits per heavy atom. The predicted molar refractivity (Wildman–Crippen MR) is 215 cm³/mol. The number of phosphoric ester groups is 1. The topological polar surface area (TPSA) is 149 Å². The Kier molecular flexibility index (Phi) is 37.6. The summed E-state index contributed by atoms with van der Waals surface area (Å²) < 4.78 is 32.7. The maximum Gasteiger partial charge on any atom is 0.472 e. The lowest BCUT2D eigenvalue weighted by Crippen LogP contribution is -2.29. The first kappa shape index (κ1) is 51.5. The molecule has 0 aromatic rings. The zero-order valence-electron chi connectivity index (χ0n) is 33.7. The highest BCUT2D eigenvalue weighted by atomic mass is 31.2. The van der Waals surface area contributed by atoms with Crippen LogP contribution in [0.15, 0.2) is 24.3 Å². The monoisotopic (exact) mass is 775 g/mol. The van der Waals surface area contributed by atoms with Crippen molar-refractivity contribution in [3.8, 4) is 0 Å². The van der Waals surface area contributed by atoms with E-state index in [2.05, 4.69) is 42.7 Å². The second kappa shape index (κ2) is 38.7. The van der Waals surface area contributed by atoms with Crippen LogP contribution in [0.3, 0.4) is 0 Å². The van der Waals surface area contributed by atoms with E-state index in [-0.39, 0.29) is 19.4 Å². The minimum atomic E-state index is -4.62. The number of allylic oxidation sites excluding steroid dienone is 4. The minimum Gasteiger partial charge on any atom is -0.462 e. The van der Waals surface area contributed by atoms with Gasteiger partial charge in [-0.3, -0.25) is 18.6 Å². The molecule has 0 amide bonds. The van der Waals surface area contributed by atoms with Crippen LogP contribution in [0.2, 0.25) is 0 Å². The zero-order valence-corrected chi connectivity index (χ0v) is 34.6. The van der Waals surface area contributed by atoms with Gasteiger partial charge in [0.05, 0.1) is 19.8 Å². The smallest absolute Gasteiger partial charge is 0.462 e. The lowest BCUT2D eigenvalue weighted by Gasteiger charge is -2.20. The third kappa shape index (κ3) is 38.5. The van der Waals surface area contributed by atoms with Crippen LogP contribution in [0.4, 0.5) is 0 Å². The fourth-order valence-corrected chi connectivity index (χ4v) is 6.54. The fraction of sp³-hybridized carbons (Fsp3) is 0.857. The summed E-state index contributed by atoms with van der Waals surface area (Å²) in [5.41, 5.74) is 0. The van der Waals surface area contributed by atoms with Crippen molar-refractivity contribution in [2.24, 2.45) is 0 Å². The molecule has 2 unspecified atom stereocenters. The van der Waals surface area contributed by atoms with Gasteiger partial charge in [-0.05, 0) is 64.2 Å². The van der Waals surface area contributed by atoms with Gasteiger partial charge in [-0.15, -0.1) is 0 Å². The molecule has 0 saturated heterocycles. The van der Waals surface area contributed by atoms with E-state index in [4.69, 9.17) is 19.1 Å². The van der Waals surface area contributed by atoms with Crippen LogP contribution in [0, 0.1) is 0 Å². The third-order valence-electron chi connectivity index (χ3n) is 9.08. The molecule has 0 aliphatic heterocycles. The molecule has 0 radical (unpaired) electrons. The Hall–Kier alpha value is -1.55. The van der Waals surface area contributed by atoms with E-state index >= 15 is 0 Å². The summed E-state index contributed by atoms with van der Waals surface area (Å²) in [6.07, 6.45) is 37.1. The SMILES string of the molecule is CCCCCCCC/C=C/CCCCCCCC(=O)OCC(COP(=O)(O)OC[C@@H](O)CO)OC(=O)CCCCCCC/C=C/CCCCCCCC. The Balaban J connectivity index is 4.33. The van der Waals surface area contributed by atoms with Crippen LogP contribution in [-0.2, 0) is 32.7 Å². The number of ether oxygens (including phenoxy) is 2. The van der Waals surface area contributed by atoms with Crippen LogP contribution >= 0.6 is 7.82 Å². The van der Waals surface area contributed by atoms with E-state index in [1.807, 2.05) is 0 Å². The Labute approximate surface area is 323 Å². The first-order valence-electron chi connectivity index (χ1n) is 21.3. The molecule has 0 aromatic heterocycles. The van der Waals surface area contributed by atoms with Crippen LogP contribution < -0.4 is 0 Å². The molecule has 3 N–H and O–H groups in total. The van der Waals surface area contributed by atoms with Crippen LogP contribution in [-0.4, -0.2) is 65.7 Å². The summed E-state index contributed by atoms with van der Waals surface area (Å²) in [6.45, 7) is 2.36. The van der Waals surface area contributed by atoms with Crippen LogP contribution in [0.1, 0.15) is 194 Å². The maximum atomic E-state index is 12.6. The zero-order chi connectivity index (χ0) is 39.1. The largest absolute Gasteiger partial charge is 0.472 e. The quantitative estimate of drug-likeness (QED) is 0.0238. The first-order valence-corrected chi connectivity index (χ1v) is 22.8. The minimum absolute atomic E-state index is 0.174. The number of hydrogen-bond acceptors (Lipinski definition) is 9. The van der Waals surface area contributed by atoms with Crippen molar-refractivity contribution in [1.29, 1.82) is 0 Å². The molecule has 0 spiro atoms. The molecule has 53 heavy (non-hydrogen) atoms. The highest BCUT2D eigenvalue weighted by Gasteiger charge is 2.27. The lowest BCUT2D eigenvalue weighted by molar-refractivity contribution is -0.161. The van der Waals surface area contributed by atoms with Gasteiger partial charge in [-0.2, -0.15) is 0 Å². The number of phosphoric acid groups is 1. The summed E-state index contributed by atoms with van der Waals surface area (Å²) in [4.78, 5) is 34.9. The Morgan fingerprint density at radius 2 is 0.925 bits per heavy atom. The second-order valence-electron chi connectivity index (χ2n) is 14.4. The van der Waals surface area contributed by atoms with Gasteiger partial charge >= 0.3 is 19.8 Å². The van der Waals surface area contributed by atoms with Gasteiger partial charge in [0.1, 0.15) is 12.7 Å². The van der Waals surface area contributed by atoms with E-state index in [0.717, 1.165) is 70.6 Å². The second-order valence-corrected chi connectivity index (χ2v) is 15.8. The van der Waals surface area contributed by atoms with Crippen LogP contribution in [0.25, 0.3) is 0 Å². The van der Waals surface area contributed by atoms with Gasteiger partial charge in [0, 0.05) is 12.8 Å². The summed E-state index contributed by atoms with van der Waals surface area (Å²) in [7, 11) is -4.62. The number of carbonyl (C=O) groups excluding carboxylic acids is 2. The Bertz CT molecular complexity index is 941. The van der Waals surface area contributed by atoms with Crippen molar-refractivity contribution < 1.29 is 47.8 Å². The van der Waals surface area contributed by atoms with E-state index in [0.29, 0.717) is 12.8 Å². The third-order valence-corrected chi connectivity index (χ3v) is 10.0. The highest BCUT2D eigenvalue weighted by Crippen LogP contribution is 2.43. The maximum absolute atomic E-state index is 12.6. The van der Waals surface area contributed by atoms with E-state index in [1.165, 1.54) is 83.5 Å². The van der Waals surface area contributed by atoms with Crippen molar-refractivity contribution in [3.05, 3.63) is 24.3 Å². The van der Waals surface area contributed by atoms with Crippen molar-refractivity contribution in [1.82, 2.24) is 0 Å². The number of rotatable bonds is 40. The Morgan fingerprint density at radius 1 is 0.547 bits per heavy atom.